The molecule has 2 atom stereocenters. The zero-order valence-electron chi connectivity index (χ0n) is 17.2. The summed E-state index contributed by atoms with van der Waals surface area (Å²) in [6.07, 6.45) is 6.09. The summed E-state index contributed by atoms with van der Waals surface area (Å²) in [5.74, 6) is 1.16. The Morgan fingerprint density at radius 1 is 1.23 bits per heavy atom. The lowest BCUT2D eigenvalue weighted by atomic mass is 10.1. The van der Waals surface area contributed by atoms with Gasteiger partial charge < -0.3 is 19.9 Å². The van der Waals surface area contributed by atoms with Gasteiger partial charge in [0.05, 0.1) is 18.8 Å². The average molecular weight is 411 g/mol. The van der Waals surface area contributed by atoms with Crippen LogP contribution in [0.15, 0.2) is 42.6 Å². The maximum atomic E-state index is 14.4. The first-order valence-electron chi connectivity index (χ1n) is 10.2. The van der Waals surface area contributed by atoms with Crippen molar-refractivity contribution in [1.82, 2.24) is 15.3 Å². The SMILES string of the molecule is CC(=O)N[C@@H](C)c1ccc(O[C@@H]2CCN(c3nc(N4CC=CC4)ncc3F)C2)cc1. The molecule has 1 N–H and O–H groups in total. The van der Waals surface area contributed by atoms with Crippen molar-refractivity contribution in [3.05, 3.63) is 54.0 Å². The van der Waals surface area contributed by atoms with E-state index in [0.717, 1.165) is 30.8 Å². The largest absolute Gasteiger partial charge is 0.489 e. The van der Waals surface area contributed by atoms with Gasteiger partial charge in [-0.05, 0) is 24.6 Å². The molecule has 1 saturated heterocycles. The number of nitrogens with one attached hydrogen (secondary N) is 1. The number of amides is 1. The van der Waals surface area contributed by atoms with Crippen molar-refractivity contribution in [2.45, 2.75) is 32.4 Å². The molecule has 0 bridgehead atoms. The Labute approximate surface area is 175 Å². The number of carbonyl (C=O) groups excluding carboxylic acids is 1. The normalized spacial score (nSPS) is 19.2. The van der Waals surface area contributed by atoms with Gasteiger partial charge in [-0.3, -0.25) is 4.79 Å². The van der Waals surface area contributed by atoms with Gasteiger partial charge in [-0.2, -0.15) is 4.98 Å². The maximum Gasteiger partial charge on any atom is 0.228 e. The van der Waals surface area contributed by atoms with Crippen LogP contribution in [-0.2, 0) is 4.79 Å². The molecule has 2 aliphatic rings. The molecule has 1 amide bonds. The van der Waals surface area contributed by atoms with Gasteiger partial charge in [-0.25, -0.2) is 9.37 Å². The molecular weight excluding hydrogens is 385 g/mol. The Morgan fingerprint density at radius 3 is 2.67 bits per heavy atom. The molecule has 1 aromatic carbocycles. The lowest BCUT2D eigenvalue weighted by Crippen LogP contribution is -2.28. The number of aromatic nitrogens is 2. The van der Waals surface area contributed by atoms with Crippen molar-refractivity contribution in [2.24, 2.45) is 0 Å². The monoisotopic (exact) mass is 411 g/mol. The molecule has 2 aliphatic heterocycles. The molecule has 2 aromatic rings. The highest BCUT2D eigenvalue weighted by atomic mass is 19.1. The second-order valence-corrected chi connectivity index (χ2v) is 7.68. The lowest BCUT2D eigenvalue weighted by Gasteiger charge is -2.21. The molecule has 3 heterocycles. The van der Waals surface area contributed by atoms with Crippen molar-refractivity contribution >= 4 is 17.7 Å². The Balaban J connectivity index is 1.38. The summed E-state index contributed by atoms with van der Waals surface area (Å²) in [7, 11) is 0. The fraction of sp³-hybridized carbons (Fsp3) is 0.409. The van der Waals surface area contributed by atoms with Crippen LogP contribution in [0.5, 0.6) is 5.75 Å². The van der Waals surface area contributed by atoms with Crippen molar-refractivity contribution in [2.75, 3.05) is 36.0 Å². The number of nitrogens with zero attached hydrogens (tertiary/aromatic N) is 4. The van der Waals surface area contributed by atoms with E-state index in [4.69, 9.17) is 4.74 Å². The summed E-state index contributed by atoms with van der Waals surface area (Å²) in [5.41, 5.74) is 1.01. The molecule has 4 rings (SSSR count). The quantitative estimate of drug-likeness (QED) is 0.737. The molecule has 0 aliphatic carbocycles. The van der Waals surface area contributed by atoms with Crippen LogP contribution < -0.4 is 19.9 Å². The van der Waals surface area contributed by atoms with Crippen LogP contribution in [0.3, 0.4) is 0 Å². The van der Waals surface area contributed by atoms with Gasteiger partial charge in [0.25, 0.3) is 0 Å². The van der Waals surface area contributed by atoms with Crippen molar-refractivity contribution in [1.29, 1.82) is 0 Å². The van der Waals surface area contributed by atoms with Gasteiger partial charge in [0.15, 0.2) is 11.6 Å². The van der Waals surface area contributed by atoms with E-state index in [1.807, 2.05) is 53.1 Å². The zero-order chi connectivity index (χ0) is 21.1. The van der Waals surface area contributed by atoms with Gasteiger partial charge in [0, 0.05) is 33.0 Å². The molecule has 8 heteroatoms. The number of ether oxygens (including phenoxy) is 1. The fourth-order valence-corrected chi connectivity index (χ4v) is 3.80. The highest BCUT2D eigenvalue weighted by Gasteiger charge is 2.28. The van der Waals surface area contributed by atoms with E-state index in [1.54, 1.807) is 0 Å². The summed E-state index contributed by atoms with van der Waals surface area (Å²) in [6, 6.07) is 7.64. The van der Waals surface area contributed by atoms with E-state index in [-0.39, 0.29) is 18.1 Å². The zero-order valence-corrected chi connectivity index (χ0v) is 17.2. The predicted molar refractivity (Wildman–Crippen MR) is 113 cm³/mol. The minimum absolute atomic E-state index is 0.0464. The van der Waals surface area contributed by atoms with E-state index >= 15 is 0 Å². The second kappa shape index (κ2) is 8.69. The lowest BCUT2D eigenvalue weighted by molar-refractivity contribution is -0.119. The van der Waals surface area contributed by atoms with Crippen LogP contribution in [-0.4, -0.2) is 48.2 Å². The highest BCUT2D eigenvalue weighted by molar-refractivity contribution is 5.73. The van der Waals surface area contributed by atoms with Crippen LogP contribution in [0, 0.1) is 5.82 Å². The Bertz CT molecular complexity index is 926. The Hall–Kier alpha value is -3.16. The van der Waals surface area contributed by atoms with Crippen LogP contribution in [0.1, 0.15) is 31.9 Å². The number of hydrogen-bond donors (Lipinski definition) is 1. The molecule has 0 saturated carbocycles. The average Bonchev–Trinajstić information content (AvgIpc) is 3.41. The van der Waals surface area contributed by atoms with Crippen LogP contribution >= 0.6 is 0 Å². The smallest absolute Gasteiger partial charge is 0.228 e. The number of carbonyl (C=O) groups is 1. The summed E-state index contributed by atoms with van der Waals surface area (Å²) in [6.45, 7) is 6.17. The molecule has 158 valence electrons. The third kappa shape index (κ3) is 4.53. The topological polar surface area (TPSA) is 70.6 Å². The number of hydrogen-bond acceptors (Lipinski definition) is 6. The molecule has 1 fully saturated rings. The van der Waals surface area contributed by atoms with E-state index < -0.39 is 5.82 Å². The maximum absolute atomic E-state index is 14.4. The minimum atomic E-state index is -0.414. The van der Waals surface area contributed by atoms with Crippen LogP contribution in [0.2, 0.25) is 0 Å². The van der Waals surface area contributed by atoms with Gasteiger partial charge >= 0.3 is 0 Å². The number of rotatable bonds is 6. The number of halogens is 1. The Morgan fingerprint density at radius 2 is 1.97 bits per heavy atom. The molecule has 0 spiro atoms. The van der Waals surface area contributed by atoms with Crippen molar-refractivity contribution in [3.63, 3.8) is 0 Å². The van der Waals surface area contributed by atoms with E-state index in [2.05, 4.69) is 15.3 Å². The van der Waals surface area contributed by atoms with Gasteiger partial charge in [-0.1, -0.05) is 24.3 Å². The van der Waals surface area contributed by atoms with Gasteiger partial charge in [-0.15, -0.1) is 0 Å². The Kier molecular flexibility index (Phi) is 5.83. The minimum Gasteiger partial charge on any atom is -0.489 e. The standard InChI is InChI=1S/C22H26FN5O2/c1-15(25-16(2)29)17-5-7-18(8-6-17)30-19-9-12-28(14-19)21-20(23)13-24-22(26-21)27-10-3-4-11-27/h3-8,13,15,19H,9-12,14H2,1-2H3,(H,25,29)/t15-,19+/m0/s1. The summed E-state index contributed by atoms with van der Waals surface area (Å²) < 4.78 is 20.5. The van der Waals surface area contributed by atoms with Crippen LogP contribution in [0.4, 0.5) is 16.2 Å². The van der Waals surface area contributed by atoms with E-state index in [0.29, 0.717) is 24.9 Å². The molecule has 7 nitrogen and oxygen atoms in total. The number of benzene rings is 1. The highest BCUT2D eigenvalue weighted by Crippen LogP contribution is 2.26. The molecule has 30 heavy (non-hydrogen) atoms. The first kappa shape index (κ1) is 20.1. The van der Waals surface area contributed by atoms with Crippen molar-refractivity contribution in [3.8, 4) is 5.75 Å². The number of anilines is 2. The molecule has 1 aromatic heterocycles. The summed E-state index contributed by atoms with van der Waals surface area (Å²) in [5, 5.41) is 2.86. The third-order valence-corrected chi connectivity index (χ3v) is 5.36. The molecular formula is C22H26FN5O2. The van der Waals surface area contributed by atoms with E-state index in [9.17, 15) is 9.18 Å². The summed E-state index contributed by atoms with van der Waals surface area (Å²) >= 11 is 0. The molecule has 0 unspecified atom stereocenters. The first-order chi connectivity index (χ1) is 14.5. The fourth-order valence-electron chi connectivity index (χ4n) is 3.80. The molecule has 0 radical (unpaired) electrons. The first-order valence-corrected chi connectivity index (χ1v) is 10.2. The second-order valence-electron chi connectivity index (χ2n) is 7.68. The van der Waals surface area contributed by atoms with Gasteiger partial charge in [0.2, 0.25) is 11.9 Å². The van der Waals surface area contributed by atoms with E-state index in [1.165, 1.54) is 13.1 Å². The van der Waals surface area contributed by atoms with Crippen molar-refractivity contribution < 1.29 is 13.9 Å². The third-order valence-electron chi connectivity index (χ3n) is 5.36. The van der Waals surface area contributed by atoms with Crippen LogP contribution in [0.25, 0.3) is 0 Å². The predicted octanol–water partition coefficient (Wildman–Crippen LogP) is 2.85. The summed E-state index contributed by atoms with van der Waals surface area (Å²) in [4.78, 5) is 23.7. The van der Waals surface area contributed by atoms with Gasteiger partial charge in [0.1, 0.15) is 11.9 Å².